The van der Waals surface area contributed by atoms with Crippen molar-refractivity contribution >= 4 is 28.4 Å². The van der Waals surface area contributed by atoms with Gasteiger partial charge in [-0.3, -0.25) is 14.2 Å². The van der Waals surface area contributed by atoms with E-state index < -0.39 is 0 Å². The summed E-state index contributed by atoms with van der Waals surface area (Å²) in [6.45, 7) is 3.95. The van der Waals surface area contributed by atoms with Crippen LogP contribution < -0.4 is 5.56 Å². The molecule has 4 nitrogen and oxygen atoms in total. The number of thioether (sulfide) groups is 1. The Kier molecular flexibility index (Phi) is 5.81. The minimum absolute atomic E-state index is 0.0101. The molecule has 0 radical (unpaired) electrons. The summed E-state index contributed by atoms with van der Waals surface area (Å²) < 4.78 is 1.61. The molecule has 1 atom stereocenters. The SMILES string of the molecule is CCc1ccc(-n2c(SC(C)C(=O)c3ccccc3)nc3ccccc3c2=O)cc1. The molecule has 150 valence electrons. The normalized spacial score (nSPS) is 12.1. The van der Waals surface area contributed by atoms with Gasteiger partial charge in [0.1, 0.15) is 0 Å². The fraction of sp³-hybridized carbons (Fsp3) is 0.160. The summed E-state index contributed by atoms with van der Waals surface area (Å²) in [5, 5.41) is 0.685. The van der Waals surface area contributed by atoms with Crippen molar-refractivity contribution in [3.63, 3.8) is 0 Å². The van der Waals surface area contributed by atoms with Gasteiger partial charge in [-0.05, 0) is 43.2 Å². The van der Waals surface area contributed by atoms with Crippen LogP contribution in [0.2, 0.25) is 0 Å². The lowest BCUT2D eigenvalue weighted by molar-refractivity contribution is 0.0994. The van der Waals surface area contributed by atoms with Gasteiger partial charge in [0.15, 0.2) is 10.9 Å². The summed E-state index contributed by atoms with van der Waals surface area (Å²) >= 11 is 1.31. The van der Waals surface area contributed by atoms with Crippen molar-refractivity contribution in [2.24, 2.45) is 0 Å². The number of fused-ring (bicyclic) bond motifs is 1. The number of aromatic nitrogens is 2. The van der Waals surface area contributed by atoms with Gasteiger partial charge in [-0.15, -0.1) is 0 Å². The van der Waals surface area contributed by atoms with Gasteiger partial charge in [0.2, 0.25) is 0 Å². The summed E-state index contributed by atoms with van der Waals surface area (Å²) in [5.74, 6) is 0.0101. The highest BCUT2D eigenvalue weighted by molar-refractivity contribution is 8.00. The third-order valence-electron chi connectivity index (χ3n) is 5.06. The van der Waals surface area contributed by atoms with Gasteiger partial charge in [-0.2, -0.15) is 0 Å². The number of Topliss-reactive ketones (excluding diaryl/α,β-unsaturated/α-hetero) is 1. The van der Waals surface area contributed by atoms with Gasteiger partial charge in [0, 0.05) is 5.56 Å². The predicted octanol–water partition coefficient (Wildman–Crippen LogP) is 5.31. The third-order valence-corrected chi connectivity index (χ3v) is 6.11. The van der Waals surface area contributed by atoms with E-state index in [9.17, 15) is 9.59 Å². The maximum absolute atomic E-state index is 13.4. The van der Waals surface area contributed by atoms with E-state index in [0.717, 1.165) is 12.1 Å². The highest BCUT2D eigenvalue weighted by Gasteiger charge is 2.21. The fourth-order valence-corrected chi connectivity index (χ4v) is 4.35. The van der Waals surface area contributed by atoms with Crippen LogP contribution in [0.25, 0.3) is 16.6 Å². The standard InChI is InChI=1S/C25H22N2O2S/c1-3-18-13-15-20(16-14-18)27-24(29)21-11-7-8-12-22(21)26-25(27)30-17(2)23(28)19-9-5-4-6-10-19/h4-17H,3H2,1-2H3. The molecule has 0 aliphatic heterocycles. The second-order valence-corrected chi connectivity index (χ2v) is 8.37. The number of ketones is 1. The minimum Gasteiger partial charge on any atom is -0.293 e. The van der Waals surface area contributed by atoms with Gasteiger partial charge < -0.3 is 0 Å². The van der Waals surface area contributed by atoms with Gasteiger partial charge in [-0.25, -0.2) is 4.98 Å². The summed E-state index contributed by atoms with van der Waals surface area (Å²) in [6, 6.07) is 24.4. The van der Waals surface area contributed by atoms with Crippen molar-refractivity contribution in [1.82, 2.24) is 9.55 Å². The summed E-state index contributed by atoms with van der Waals surface area (Å²) in [7, 11) is 0. The molecule has 4 aromatic rings. The van der Waals surface area contributed by atoms with Crippen LogP contribution in [0.4, 0.5) is 0 Å². The molecule has 0 amide bonds. The number of carbonyl (C=O) groups is 1. The molecule has 0 saturated carbocycles. The minimum atomic E-state index is -0.387. The lowest BCUT2D eigenvalue weighted by Gasteiger charge is -2.16. The van der Waals surface area contributed by atoms with Gasteiger partial charge >= 0.3 is 0 Å². The number of aryl methyl sites for hydroxylation is 1. The molecule has 0 aliphatic carbocycles. The molecule has 4 rings (SSSR count). The highest BCUT2D eigenvalue weighted by Crippen LogP contribution is 2.27. The first kappa shape index (κ1) is 20.1. The lowest BCUT2D eigenvalue weighted by Crippen LogP contribution is -2.23. The summed E-state index contributed by atoms with van der Waals surface area (Å²) in [5.41, 5.74) is 3.09. The average Bonchev–Trinajstić information content (AvgIpc) is 2.79. The molecule has 0 N–H and O–H groups in total. The second-order valence-electron chi connectivity index (χ2n) is 7.06. The van der Waals surface area contributed by atoms with Crippen molar-refractivity contribution in [3.8, 4) is 5.69 Å². The second kappa shape index (κ2) is 8.67. The quantitative estimate of drug-likeness (QED) is 0.244. The van der Waals surface area contributed by atoms with E-state index >= 15 is 0 Å². The number of nitrogens with zero attached hydrogens (tertiary/aromatic N) is 2. The molecular formula is C25H22N2O2S. The van der Waals surface area contributed by atoms with Crippen LogP contribution in [0.3, 0.4) is 0 Å². The van der Waals surface area contributed by atoms with Crippen molar-refractivity contribution < 1.29 is 4.79 Å². The van der Waals surface area contributed by atoms with Crippen molar-refractivity contribution in [1.29, 1.82) is 0 Å². The zero-order chi connectivity index (χ0) is 21.1. The number of hydrogen-bond acceptors (Lipinski definition) is 4. The van der Waals surface area contributed by atoms with Crippen LogP contribution in [0, 0.1) is 0 Å². The zero-order valence-electron chi connectivity index (χ0n) is 16.9. The Bertz CT molecular complexity index is 1250. The molecule has 0 fully saturated rings. The van der Waals surface area contributed by atoms with Crippen molar-refractivity contribution in [2.75, 3.05) is 0 Å². The first-order chi connectivity index (χ1) is 14.6. The maximum atomic E-state index is 13.4. The van der Waals surface area contributed by atoms with Crippen LogP contribution in [0.1, 0.15) is 29.8 Å². The number of carbonyl (C=O) groups excluding carboxylic acids is 1. The fourth-order valence-electron chi connectivity index (χ4n) is 3.35. The molecule has 0 saturated heterocycles. The summed E-state index contributed by atoms with van der Waals surface area (Å²) in [4.78, 5) is 31.0. The number of benzene rings is 3. The van der Waals surface area contributed by atoms with Crippen molar-refractivity contribution in [3.05, 3.63) is 100 Å². The van der Waals surface area contributed by atoms with Crippen LogP contribution in [0.15, 0.2) is 88.8 Å². The lowest BCUT2D eigenvalue weighted by atomic mass is 10.1. The molecule has 1 aromatic heterocycles. The van der Waals surface area contributed by atoms with Crippen LogP contribution >= 0.6 is 11.8 Å². The Balaban J connectivity index is 1.81. The van der Waals surface area contributed by atoms with E-state index in [0.29, 0.717) is 21.6 Å². The largest absolute Gasteiger partial charge is 0.293 e. The average molecular weight is 415 g/mol. The predicted molar refractivity (Wildman–Crippen MR) is 123 cm³/mol. The number of para-hydroxylation sites is 1. The highest BCUT2D eigenvalue weighted by atomic mass is 32.2. The maximum Gasteiger partial charge on any atom is 0.266 e. The smallest absolute Gasteiger partial charge is 0.266 e. The van der Waals surface area contributed by atoms with E-state index in [1.165, 1.54) is 17.3 Å². The van der Waals surface area contributed by atoms with E-state index in [-0.39, 0.29) is 16.6 Å². The van der Waals surface area contributed by atoms with Crippen LogP contribution in [0.5, 0.6) is 0 Å². The Morgan fingerprint density at radius 3 is 2.33 bits per heavy atom. The van der Waals surface area contributed by atoms with Crippen molar-refractivity contribution in [2.45, 2.75) is 30.7 Å². The molecule has 0 bridgehead atoms. The van der Waals surface area contributed by atoms with Gasteiger partial charge in [0.05, 0.1) is 21.8 Å². The molecular weight excluding hydrogens is 392 g/mol. The summed E-state index contributed by atoms with van der Waals surface area (Å²) in [6.07, 6.45) is 0.926. The Morgan fingerprint density at radius 1 is 0.967 bits per heavy atom. The number of rotatable bonds is 6. The molecule has 3 aromatic carbocycles. The third kappa shape index (κ3) is 3.94. The van der Waals surface area contributed by atoms with Gasteiger partial charge in [-0.1, -0.05) is 73.3 Å². The molecule has 0 aliphatic rings. The van der Waals surface area contributed by atoms with E-state index in [1.54, 1.807) is 10.6 Å². The topological polar surface area (TPSA) is 52.0 Å². The molecule has 5 heteroatoms. The van der Waals surface area contributed by atoms with Gasteiger partial charge in [0.25, 0.3) is 5.56 Å². The molecule has 1 heterocycles. The first-order valence-electron chi connectivity index (χ1n) is 9.95. The van der Waals surface area contributed by atoms with E-state index in [2.05, 4.69) is 6.92 Å². The Hall–Kier alpha value is -3.18. The molecule has 0 spiro atoms. The molecule has 30 heavy (non-hydrogen) atoms. The Morgan fingerprint density at radius 2 is 1.63 bits per heavy atom. The van der Waals surface area contributed by atoms with Crippen LogP contribution in [-0.2, 0) is 6.42 Å². The van der Waals surface area contributed by atoms with Crippen LogP contribution in [-0.4, -0.2) is 20.6 Å². The van der Waals surface area contributed by atoms with E-state index in [1.807, 2.05) is 79.7 Å². The zero-order valence-corrected chi connectivity index (χ0v) is 17.7. The number of hydrogen-bond donors (Lipinski definition) is 0. The molecule has 1 unspecified atom stereocenters. The first-order valence-corrected chi connectivity index (χ1v) is 10.8. The Labute approximate surface area is 179 Å². The van der Waals surface area contributed by atoms with E-state index in [4.69, 9.17) is 4.98 Å². The monoisotopic (exact) mass is 414 g/mol.